The number of hydrogen-bond acceptors (Lipinski definition) is 4. The highest BCUT2D eigenvalue weighted by atomic mass is 16.7. The molecule has 5 nitrogen and oxygen atoms in total. The molecule has 0 radical (unpaired) electrons. The second-order valence-corrected chi connectivity index (χ2v) is 9.65. The average Bonchev–Trinajstić information content (AvgIpc) is 3.22. The molecule has 2 aliphatic carbocycles. The molecule has 27 heavy (non-hydrogen) atoms. The summed E-state index contributed by atoms with van der Waals surface area (Å²) in [5, 5.41) is 12.5. The number of aliphatic hydroxyl groups is 1. The van der Waals surface area contributed by atoms with Crippen LogP contribution in [0.3, 0.4) is 0 Å². The first-order valence-corrected chi connectivity index (χ1v) is 10.7. The first-order valence-electron chi connectivity index (χ1n) is 10.7. The first kappa shape index (κ1) is 20.7. The monoisotopic (exact) mass is 379 g/mol. The Labute approximate surface area is 163 Å². The van der Waals surface area contributed by atoms with E-state index in [-0.39, 0.29) is 29.8 Å². The molecule has 3 aliphatic rings. The van der Waals surface area contributed by atoms with E-state index in [2.05, 4.69) is 26.1 Å². The lowest BCUT2D eigenvalue weighted by Gasteiger charge is -2.42. The third-order valence-corrected chi connectivity index (χ3v) is 6.69. The average molecular weight is 380 g/mol. The number of nitrogens with one attached hydrogen (secondary N) is 1. The minimum absolute atomic E-state index is 0.0167. The number of carbonyl (C=O) groups excluding carboxylic acids is 1. The van der Waals surface area contributed by atoms with E-state index in [4.69, 9.17) is 9.47 Å². The van der Waals surface area contributed by atoms with E-state index in [1.807, 2.05) is 13.0 Å². The van der Waals surface area contributed by atoms with Crippen LogP contribution in [0.4, 0.5) is 0 Å². The van der Waals surface area contributed by atoms with Crippen molar-refractivity contribution >= 4 is 5.91 Å². The Morgan fingerprint density at radius 2 is 2.11 bits per heavy atom. The smallest absolute Gasteiger partial charge is 0.286 e. The molecule has 1 aliphatic heterocycles. The van der Waals surface area contributed by atoms with Crippen LogP contribution in [0, 0.1) is 29.1 Å². The third kappa shape index (κ3) is 4.68. The molecule has 6 atom stereocenters. The molecule has 2 N–H and O–H groups in total. The van der Waals surface area contributed by atoms with E-state index in [1.165, 1.54) is 19.3 Å². The van der Waals surface area contributed by atoms with E-state index in [0.717, 1.165) is 18.8 Å². The van der Waals surface area contributed by atoms with Crippen LogP contribution in [0.1, 0.15) is 66.2 Å². The van der Waals surface area contributed by atoms with E-state index in [0.29, 0.717) is 30.7 Å². The van der Waals surface area contributed by atoms with Crippen molar-refractivity contribution in [2.24, 2.45) is 29.1 Å². The lowest BCUT2D eigenvalue weighted by Crippen LogP contribution is -2.45. The largest absolute Gasteiger partial charge is 0.459 e. The number of carbonyl (C=O) groups is 1. The highest BCUT2D eigenvalue weighted by Gasteiger charge is 2.44. The molecule has 2 saturated carbocycles. The SMILES string of the molecule is CCO[C@@H]1OC(C(=O)NC2CC3CCC2C3)=C[C@H](C(C)(C)C)[C@@H]1CCCO. The van der Waals surface area contributed by atoms with Crippen LogP contribution in [0.15, 0.2) is 11.8 Å². The highest BCUT2D eigenvalue weighted by Crippen LogP contribution is 2.45. The standard InChI is InChI=1S/C22H37NO4/c1-5-26-21-16(7-6-10-24)17(22(2,3)4)13-19(27-21)20(25)23-18-12-14-8-9-15(18)11-14/h13-18,21,24H,5-12H2,1-4H3,(H,23,25)/t14?,15?,16-,17-,18?,21+/m0/s1. The molecule has 5 heteroatoms. The molecular formula is C22H37NO4. The summed E-state index contributed by atoms with van der Waals surface area (Å²) in [7, 11) is 0. The first-order chi connectivity index (χ1) is 12.8. The molecule has 0 aromatic rings. The van der Waals surface area contributed by atoms with Gasteiger partial charge in [0.1, 0.15) is 0 Å². The van der Waals surface area contributed by atoms with Crippen LogP contribution in [0.5, 0.6) is 0 Å². The molecule has 3 unspecified atom stereocenters. The van der Waals surface area contributed by atoms with Gasteiger partial charge in [-0.3, -0.25) is 4.79 Å². The normalized spacial score (nSPS) is 35.7. The molecular weight excluding hydrogens is 342 g/mol. The van der Waals surface area contributed by atoms with Crippen LogP contribution in [0.25, 0.3) is 0 Å². The van der Waals surface area contributed by atoms with Gasteiger partial charge in [-0.25, -0.2) is 0 Å². The van der Waals surface area contributed by atoms with Crippen LogP contribution in [0.2, 0.25) is 0 Å². The fourth-order valence-corrected chi connectivity index (χ4v) is 5.35. The van der Waals surface area contributed by atoms with Gasteiger partial charge in [-0.15, -0.1) is 0 Å². The van der Waals surface area contributed by atoms with Crippen molar-refractivity contribution in [2.45, 2.75) is 78.6 Å². The number of fused-ring (bicyclic) bond motifs is 2. The number of rotatable bonds is 7. The van der Waals surface area contributed by atoms with Crippen molar-refractivity contribution in [3.05, 3.63) is 11.8 Å². The van der Waals surface area contributed by atoms with Crippen LogP contribution < -0.4 is 5.32 Å². The van der Waals surface area contributed by atoms with E-state index in [9.17, 15) is 9.90 Å². The maximum Gasteiger partial charge on any atom is 0.286 e. The quantitative estimate of drug-likeness (QED) is 0.709. The van der Waals surface area contributed by atoms with Gasteiger partial charge in [-0.1, -0.05) is 27.2 Å². The molecule has 154 valence electrons. The fraction of sp³-hybridized carbons (Fsp3) is 0.864. The fourth-order valence-electron chi connectivity index (χ4n) is 5.35. The number of hydrogen-bond donors (Lipinski definition) is 2. The lowest BCUT2D eigenvalue weighted by molar-refractivity contribution is -0.179. The minimum atomic E-state index is -0.434. The topological polar surface area (TPSA) is 67.8 Å². The van der Waals surface area contributed by atoms with Gasteiger partial charge >= 0.3 is 0 Å². The van der Waals surface area contributed by atoms with Gasteiger partial charge in [-0.05, 0) is 68.3 Å². The van der Waals surface area contributed by atoms with Crippen molar-refractivity contribution in [2.75, 3.05) is 13.2 Å². The molecule has 1 amide bonds. The van der Waals surface area contributed by atoms with Crippen molar-refractivity contribution in [1.29, 1.82) is 0 Å². The van der Waals surface area contributed by atoms with Crippen molar-refractivity contribution < 1.29 is 19.4 Å². The maximum atomic E-state index is 13.0. The van der Waals surface area contributed by atoms with Crippen molar-refractivity contribution in [3.8, 4) is 0 Å². The second kappa shape index (κ2) is 8.52. The molecule has 2 fully saturated rings. The predicted octanol–water partition coefficient (Wildman–Crippen LogP) is 3.62. The summed E-state index contributed by atoms with van der Waals surface area (Å²) < 4.78 is 12.0. The summed E-state index contributed by atoms with van der Waals surface area (Å²) in [6.07, 6.45) is 8.05. The number of aliphatic hydroxyl groups excluding tert-OH is 1. The molecule has 0 aromatic carbocycles. The Bertz CT molecular complexity index is 553. The number of ether oxygens (including phenoxy) is 2. The molecule has 0 spiro atoms. The zero-order chi connectivity index (χ0) is 19.6. The number of amides is 1. The Balaban J connectivity index is 1.76. The van der Waals surface area contributed by atoms with Gasteiger partial charge in [0.15, 0.2) is 5.76 Å². The van der Waals surface area contributed by atoms with Gasteiger partial charge in [0.05, 0.1) is 0 Å². The van der Waals surface area contributed by atoms with Crippen LogP contribution in [-0.2, 0) is 14.3 Å². The van der Waals surface area contributed by atoms with Crippen molar-refractivity contribution in [3.63, 3.8) is 0 Å². The van der Waals surface area contributed by atoms with Crippen molar-refractivity contribution in [1.82, 2.24) is 5.32 Å². The summed E-state index contributed by atoms with van der Waals surface area (Å²) in [4.78, 5) is 13.0. The Morgan fingerprint density at radius 3 is 2.67 bits per heavy atom. The van der Waals surface area contributed by atoms with Gasteiger partial charge < -0.3 is 19.9 Å². The molecule has 3 rings (SSSR count). The highest BCUT2D eigenvalue weighted by molar-refractivity contribution is 5.91. The summed E-state index contributed by atoms with van der Waals surface area (Å²) in [6, 6.07) is 0.298. The predicted molar refractivity (Wildman–Crippen MR) is 105 cm³/mol. The Kier molecular flexibility index (Phi) is 6.52. The zero-order valence-corrected chi connectivity index (χ0v) is 17.4. The van der Waals surface area contributed by atoms with Gasteiger partial charge in [-0.2, -0.15) is 0 Å². The van der Waals surface area contributed by atoms with Gasteiger partial charge in [0.2, 0.25) is 6.29 Å². The maximum absolute atomic E-state index is 13.0. The Hall–Kier alpha value is -1.07. The molecule has 2 bridgehead atoms. The minimum Gasteiger partial charge on any atom is -0.459 e. The second-order valence-electron chi connectivity index (χ2n) is 9.65. The third-order valence-electron chi connectivity index (χ3n) is 6.69. The number of allylic oxidation sites excluding steroid dienone is 1. The van der Waals surface area contributed by atoms with E-state index in [1.54, 1.807) is 0 Å². The lowest BCUT2D eigenvalue weighted by atomic mass is 9.70. The van der Waals surface area contributed by atoms with Gasteiger partial charge in [0, 0.05) is 25.2 Å². The zero-order valence-electron chi connectivity index (χ0n) is 17.4. The van der Waals surface area contributed by atoms with Crippen LogP contribution in [-0.4, -0.2) is 36.6 Å². The molecule has 0 saturated heterocycles. The summed E-state index contributed by atoms with van der Waals surface area (Å²) >= 11 is 0. The molecule has 1 heterocycles. The summed E-state index contributed by atoms with van der Waals surface area (Å²) in [6.45, 7) is 9.23. The summed E-state index contributed by atoms with van der Waals surface area (Å²) in [5.41, 5.74) is -0.0167. The van der Waals surface area contributed by atoms with E-state index < -0.39 is 6.29 Å². The van der Waals surface area contributed by atoms with Gasteiger partial charge in [0.25, 0.3) is 5.91 Å². The van der Waals surface area contributed by atoms with Crippen LogP contribution >= 0.6 is 0 Å². The van der Waals surface area contributed by atoms with E-state index >= 15 is 0 Å². The molecule has 0 aromatic heterocycles. The summed E-state index contributed by atoms with van der Waals surface area (Å²) in [5.74, 6) is 2.05. The Morgan fingerprint density at radius 1 is 1.33 bits per heavy atom.